The molecule has 5 heteroatoms. The van der Waals surface area contributed by atoms with E-state index in [4.69, 9.17) is 0 Å². The van der Waals surface area contributed by atoms with Crippen LogP contribution in [0.2, 0.25) is 0 Å². The van der Waals surface area contributed by atoms with E-state index in [0.29, 0.717) is 6.54 Å². The van der Waals surface area contributed by atoms with Crippen molar-refractivity contribution < 1.29 is 9.59 Å². The zero-order valence-corrected chi connectivity index (χ0v) is 14.2. The lowest BCUT2D eigenvalue weighted by atomic mass is 10.0. The average molecular weight is 325 g/mol. The van der Waals surface area contributed by atoms with Gasteiger partial charge >= 0.3 is 6.03 Å². The number of amides is 3. The average Bonchev–Trinajstić information content (AvgIpc) is 2.52. The maximum atomic E-state index is 12.6. The molecule has 0 bridgehead atoms. The number of aryl methyl sites for hydroxylation is 2. The quantitative estimate of drug-likeness (QED) is 0.790. The Labute approximate surface area is 142 Å². The molecule has 1 atom stereocenters. The van der Waals surface area contributed by atoms with Crippen molar-refractivity contribution in [2.75, 3.05) is 11.9 Å². The lowest BCUT2D eigenvalue weighted by Gasteiger charge is -2.20. The van der Waals surface area contributed by atoms with Gasteiger partial charge in [-0.3, -0.25) is 10.1 Å². The predicted molar refractivity (Wildman–Crippen MR) is 95.9 cm³/mol. The van der Waals surface area contributed by atoms with Crippen LogP contribution in [0.5, 0.6) is 0 Å². The van der Waals surface area contributed by atoms with E-state index in [0.717, 1.165) is 22.4 Å². The van der Waals surface area contributed by atoms with E-state index in [2.05, 4.69) is 22.0 Å². The van der Waals surface area contributed by atoms with Crippen LogP contribution < -0.4 is 16.0 Å². The van der Waals surface area contributed by atoms with Crippen LogP contribution in [0.25, 0.3) is 0 Å². The normalized spacial score (nSPS) is 11.5. The van der Waals surface area contributed by atoms with Crippen molar-refractivity contribution in [3.05, 3.63) is 65.2 Å². The maximum Gasteiger partial charge on any atom is 0.321 e. The first-order valence-electron chi connectivity index (χ1n) is 7.98. The number of benzene rings is 2. The zero-order valence-electron chi connectivity index (χ0n) is 14.2. The predicted octanol–water partition coefficient (Wildman–Crippen LogP) is 3.30. The van der Waals surface area contributed by atoms with E-state index in [9.17, 15) is 9.59 Å². The summed E-state index contributed by atoms with van der Waals surface area (Å²) in [5.74, 6) is -0.397. The van der Waals surface area contributed by atoms with Crippen LogP contribution >= 0.6 is 0 Å². The summed E-state index contributed by atoms with van der Waals surface area (Å²) in [6, 6.07) is 14.2. The number of anilines is 1. The highest BCUT2D eigenvalue weighted by Crippen LogP contribution is 2.22. The fourth-order valence-corrected chi connectivity index (χ4v) is 2.56. The highest BCUT2D eigenvalue weighted by molar-refractivity contribution is 5.98. The molecule has 0 aliphatic heterocycles. The topological polar surface area (TPSA) is 70.2 Å². The van der Waals surface area contributed by atoms with E-state index in [1.165, 1.54) is 0 Å². The molecular weight excluding hydrogens is 302 g/mol. The van der Waals surface area contributed by atoms with E-state index in [1.54, 1.807) is 6.92 Å². The number of carbonyl (C=O) groups excluding carboxylic acids is 2. The first kappa shape index (κ1) is 17.5. The molecule has 0 spiro atoms. The number of hydrogen-bond acceptors (Lipinski definition) is 3. The third-order valence-electron chi connectivity index (χ3n) is 3.50. The fraction of sp³-hybridized carbons (Fsp3) is 0.263. The molecule has 0 aromatic heterocycles. The molecule has 0 aliphatic carbocycles. The molecule has 3 amide bonds. The third kappa shape index (κ3) is 4.84. The highest BCUT2D eigenvalue weighted by Gasteiger charge is 2.22. The van der Waals surface area contributed by atoms with Gasteiger partial charge in [0, 0.05) is 12.2 Å². The molecule has 0 heterocycles. The number of rotatable bonds is 5. The van der Waals surface area contributed by atoms with Crippen LogP contribution in [-0.4, -0.2) is 18.5 Å². The monoisotopic (exact) mass is 325 g/mol. The minimum Gasteiger partial charge on any atom is -0.370 e. The lowest BCUT2D eigenvalue weighted by Crippen LogP contribution is -2.43. The van der Waals surface area contributed by atoms with Gasteiger partial charge in [-0.2, -0.15) is 0 Å². The number of carbonyl (C=O) groups is 2. The van der Waals surface area contributed by atoms with Crippen molar-refractivity contribution in [3.63, 3.8) is 0 Å². The van der Waals surface area contributed by atoms with Gasteiger partial charge < -0.3 is 10.6 Å². The van der Waals surface area contributed by atoms with Crippen LogP contribution in [0.1, 0.15) is 29.7 Å². The Hall–Kier alpha value is -2.82. The molecule has 2 aromatic carbocycles. The molecule has 5 nitrogen and oxygen atoms in total. The third-order valence-corrected chi connectivity index (χ3v) is 3.50. The van der Waals surface area contributed by atoms with Crippen molar-refractivity contribution in [2.45, 2.75) is 26.8 Å². The summed E-state index contributed by atoms with van der Waals surface area (Å²) in [6.45, 7) is 6.26. The number of hydrogen-bond donors (Lipinski definition) is 3. The van der Waals surface area contributed by atoms with Gasteiger partial charge in [-0.05, 0) is 49.6 Å². The summed E-state index contributed by atoms with van der Waals surface area (Å²) in [7, 11) is 0. The van der Waals surface area contributed by atoms with Crippen LogP contribution in [0.3, 0.4) is 0 Å². The molecule has 0 aliphatic rings. The number of nitrogens with one attached hydrogen (secondary N) is 3. The van der Waals surface area contributed by atoms with Crippen LogP contribution in [0.4, 0.5) is 10.5 Å². The summed E-state index contributed by atoms with van der Waals surface area (Å²) in [6.07, 6.45) is 0. The Balaban J connectivity index is 2.26. The van der Waals surface area contributed by atoms with Crippen molar-refractivity contribution >= 4 is 17.6 Å². The number of imide groups is 1. The lowest BCUT2D eigenvalue weighted by molar-refractivity contribution is -0.120. The van der Waals surface area contributed by atoms with Crippen LogP contribution in [0.15, 0.2) is 48.5 Å². The molecule has 3 N–H and O–H groups in total. The molecule has 0 radical (unpaired) electrons. The molecule has 0 fully saturated rings. The van der Waals surface area contributed by atoms with Gasteiger partial charge in [0.1, 0.15) is 6.04 Å². The standard InChI is InChI=1S/C19H23N3O2/c1-4-20-19(24)22-18(23)17(15-8-6-5-7-9-15)21-16-11-13(2)10-14(3)12-16/h5-12,17,21H,4H2,1-3H3,(H2,20,22,23,24)/t17-/m1/s1. The summed E-state index contributed by atoms with van der Waals surface area (Å²) < 4.78 is 0. The van der Waals surface area contributed by atoms with E-state index in [1.807, 2.05) is 56.3 Å². The molecule has 24 heavy (non-hydrogen) atoms. The molecule has 126 valence electrons. The Kier molecular flexibility index (Phi) is 5.95. The molecule has 0 unspecified atom stereocenters. The maximum absolute atomic E-state index is 12.6. The minimum absolute atomic E-state index is 0.397. The van der Waals surface area contributed by atoms with E-state index >= 15 is 0 Å². The van der Waals surface area contributed by atoms with Gasteiger partial charge in [0.2, 0.25) is 0 Å². The second kappa shape index (κ2) is 8.15. The molecule has 2 aromatic rings. The van der Waals surface area contributed by atoms with Crippen molar-refractivity contribution in [1.82, 2.24) is 10.6 Å². The molecular formula is C19H23N3O2. The second-order valence-corrected chi connectivity index (χ2v) is 5.71. The fourth-order valence-electron chi connectivity index (χ4n) is 2.56. The molecule has 0 saturated carbocycles. The SMILES string of the molecule is CCNC(=O)NC(=O)[C@H](Nc1cc(C)cc(C)c1)c1ccccc1. The van der Waals surface area contributed by atoms with Crippen molar-refractivity contribution in [1.29, 1.82) is 0 Å². The van der Waals surface area contributed by atoms with Gasteiger partial charge in [0.15, 0.2) is 0 Å². The molecule has 2 rings (SSSR count). The highest BCUT2D eigenvalue weighted by atomic mass is 16.2. The number of urea groups is 1. The van der Waals surface area contributed by atoms with Gasteiger partial charge in [-0.1, -0.05) is 36.4 Å². The summed E-state index contributed by atoms with van der Waals surface area (Å²) in [4.78, 5) is 24.2. The van der Waals surface area contributed by atoms with Gasteiger partial charge in [0.05, 0.1) is 0 Å². The van der Waals surface area contributed by atoms with Crippen LogP contribution in [0, 0.1) is 13.8 Å². The summed E-state index contributed by atoms with van der Waals surface area (Å²) >= 11 is 0. The largest absolute Gasteiger partial charge is 0.370 e. The Morgan fingerprint density at radius 3 is 2.21 bits per heavy atom. The second-order valence-electron chi connectivity index (χ2n) is 5.71. The van der Waals surface area contributed by atoms with Crippen molar-refractivity contribution in [2.24, 2.45) is 0 Å². The Morgan fingerprint density at radius 1 is 1.00 bits per heavy atom. The van der Waals surface area contributed by atoms with Gasteiger partial charge in [0.25, 0.3) is 5.91 Å². The Morgan fingerprint density at radius 2 is 1.62 bits per heavy atom. The van der Waals surface area contributed by atoms with Gasteiger partial charge in [-0.25, -0.2) is 4.79 Å². The first-order chi connectivity index (χ1) is 11.5. The molecule has 0 saturated heterocycles. The van der Waals surface area contributed by atoms with Crippen LogP contribution in [-0.2, 0) is 4.79 Å². The Bertz CT molecular complexity index is 694. The smallest absolute Gasteiger partial charge is 0.321 e. The zero-order chi connectivity index (χ0) is 17.5. The summed E-state index contributed by atoms with van der Waals surface area (Å²) in [5, 5.41) is 8.18. The van der Waals surface area contributed by atoms with E-state index in [-0.39, 0.29) is 0 Å². The minimum atomic E-state index is -0.657. The van der Waals surface area contributed by atoms with Crippen molar-refractivity contribution in [3.8, 4) is 0 Å². The van der Waals surface area contributed by atoms with E-state index < -0.39 is 18.0 Å². The van der Waals surface area contributed by atoms with Gasteiger partial charge in [-0.15, -0.1) is 0 Å². The summed E-state index contributed by atoms with van der Waals surface area (Å²) in [5.41, 5.74) is 3.84. The first-order valence-corrected chi connectivity index (χ1v) is 7.98.